The van der Waals surface area contributed by atoms with Crippen LogP contribution in [0, 0.1) is 0 Å². The first-order valence-corrected chi connectivity index (χ1v) is 12.3. The summed E-state index contributed by atoms with van der Waals surface area (Å²) in [5.41, 5.74) is 1.92. The number of carbonyl (C=O) groups is 1. The second-order valence-electron chi connectivity index (χ2n) is 8.89. The predicted octanol–water partition coefficient (Wildman–Crippen LogP) is 3.92. The van der Waals surface area contributed by atoms with Crippen molar-refractivity contribution in [2.45, 2.75) is 19.1 Å². The van der Waals surface area contributed by atoms with Crippen molar-refractivity contribution in [3.8, 4) is 5.75 Å². The lowest BCUT2D eigenvalue weighted by Gasteiger charge is -2.33. The number of aliphatic imine (C=N–C) groups is 1. The second kappa shape index (κ2) is 12.4. The van der Waals surface area contributed by atoms with Gasteiger partial charge in [-0.05, 0) is 49.8 Å². The zero-order valence-electron chi connectivity index (χ0n) is 20.9. The highest BCUT2D eigenvalue weighted by atomic mass is 19.1. The van der Waals surface area contributed by atoms with Gasteiger partial charge in [0.1, 0.15) is 11.6 Å². The van der Waals surface area contributed by atoms with Crippen LogP contribution in [0.2, 0.25) is 0 Å². The average molecular weight is 509 g/mol. The minimum atomic E-state index is -1.01. The standard InChI is InChI=1S/C27H33FN6O3/c1-3-25(35)30-20-7-4-8-21(17-20)31-26-24(28)19-29-27(2,33-26)32-22-9-5-10-23(18-22)37-14-6-11-34-12-15-36-16-13-34/h3-5,7-10,17-19,31-33H,1,6,11-16H2,2H3,(H,30,35). The van der Waals surface area contributed by atoms with Crippen LogP contribution in [0.15, 0.2) is 77.8 Å². The maximum atomic E-state index is 14.6. The predicted molar refractivity (Wildman–Crippen MR) is 144 cm³/mol. The van der Waals surface area contributed by atoms with Gasteiger partial charge in [-0.3, -0.25) is 9.69 Å². The first-order valence-electron chi connectivity index (χ1n) is 12.3. The number of nitrogens with zero attached hydrogens (tertiary/aromatic N) is 2. The Bertz CT molecular complexity index is 1160. The lowest BCUT2D eigenvalue weighted by Crippen LogP contribution is -2.50. The van der Waals surface area contributed by atoms with Gasteiger partial charge < -0.3 is 30.7 Å². The third kappa shape index (κ3) is 7.80. The number of amides is 1. The maximum absolute atomic E-state index is 14.6. The molecule has 0 aromatic heterocycles. The molecule has 9 nitrogen and oxygen atoms in total. The van der Waals surface area contributed by atoms with Crippen molar-refractivity contribution in [1.29, 1.82) is 0 Å². The van der Waals surface area contributed by atoms with E-state index >= 15 is 0 Å². The van der Waals surface area contributed by atoms with Crippen LogP contribution in [0.1, 0.15) is 13.3 Å². The second-order valence-corrected chi connectivity index (χ2v) is 8.89. The summed E-state index contributed by atoms with van der Waals surface area (Å²) in [7, 11) is 0. The Balaban J connectivity index is 1.33. The van der Waals surface area contributed by atoms with Gasteiger partial charge in [0.05, 0.1) is 26.0 Å². The molecule has 1 fully saturated rings. The zero-order valence-corrected chi connectivity index (χ0v) is 20.9. The number of hydrogen-bond donors (Lipinski definition) is 4. The van der Waals surface area contributed by atoms with Crippen LogP contribution in [-0.4, -0.2) is 62.3 Å². The molecule has 2 heterocycles. The first-order chi connectivity index (χ1) is 17.9. The van der Waals surface area contributed by atoms with Gasteiger partial charge in [-0.15, -0.1) is 0 Å². The molecule has 0 spiro atoms. The molecule has 0 bridgehead atoms. The zero-order chi connectivity index (χ0) is 26.1. The van der Waals surface area contributed by atoms with E-state index in [0.29, 0.717) is 18.0 Å². The van der Waals surface area contributed by atoms with Crippen molar-refractivity contribution in [3.63, 3.8) is 0 Å². The Morgan fingerprint density at radius 2 is 1.97 bits per heavy atom. The lowest BCUT2D eigenvalue weighted by atomic mass is 10.2. The van der Waals surface area contributed by atoms with Crippen molar-refractivity contribution in [2.24, 2.45) is 4.99 Å². The number of nitrogens with one attached hydrogen (secondary N) is 4. The van der Waals surface area contributed by atoms with Gasteiger partial charge in [-0.2, -0.15) is 0 Å². The molecule has 4 rings (SSSR count). The topological polar surface area (TPSA) is 99.2 Å². The number of hydrogen-bond acceptors (Lipinski definition) is 8. The van der Waals surface area contributed by atoms with E-state index in [-0.39, 0.29) is 11.7 Å². The third-order valence-electron chi connectivity index (χ3n) is 5.84. The summed E-state index contributed by atoms with van der Waals surface area (Å²) in [6, 6.07) is 14.5. The number of ether oxygens (including phenoxy) is 2. The number of allylic oxidation sites excluding steroid dienone is 1. The van der Waals surface area contributed by atoms with Crippen LogP contribution in [0.4, 0.5) is 21.5 Å². The van der Waals surface area contributed by atoms with Gasteiger partial charge in [0, 0.05) is 42.8 Å². The van der Waals surface area contributed by atoms with Crippen LogP contribution in [0.25, 0.3) is 0 Å². The van der Waals surface area contributed by atoms with Gasteiger partial charge in [0.25, 0.3) is 0 Å². The molecular formula is C27H33FN6O3. The van der Waals surface area contributed by atoms with Crippen LogP contribution >= 0.6 is 0 Å². The number of anilines is 3. The molecule has 4 N–H and O–H groups in total. The summed E-state index contributed by atoms with van der Waals surface area (Å²) in [5, 5.41) is 12.1. The molecule has 2 aliphatic rings. The Hall–Kier alpha value is -3.89. The third-order valence-corrected chi connectivity index (χ3v) is 5.84. The van der Waals surface area contributed by atoms with Gasteiger partial charge in [0.2, 0.25) is 11.7 Å². The smallest absolute Gasteiger partial charge is 0.247 e. The van der Waals surface area contributed by atoms with Crippen LogP contribution in [0.3, 0.4) is 0 Å². The Kier molecular flexibility index (Phi) is 8.76. The molecule has 196 valence electrons. The van der Waals surface area contributed by atoms with Crippen LogP contribution in [-0.2, 0) is 9.53 Å². The maximum Gasteiger partial charge on any atom is 0.247 e. The summed E-state index contributed by atoms with van der Waals surface area (Å²) in [6.45, 7) is 10.4. The average Bonchev–Trinajstić information content (AvgIpc) is 2.90. The van der Waals surface area contributed by atoms with Gasteiger partial charge in [0.15, 0.2) is 5.83 Å². The molecule has 37 heavy (non-hydrogen) atoms. The van der Waals surface area contributed by atoms with Crippen LogP contribution < -0.4 is 26.0 Å². The van der Waals surface area contributed by atoms with Crippen molar-refractivity contribution in [3.05, 3.63) is 72.8 Å². The summed E-state index contributed by atoms with van der Waals surface area (Å²) in [5.74, 6) is -0.995. The van der Waals surface area contributed by atoms with E-state index < -0.39 is 11.6 Å². The summed E-state index contributed by atoms with van der Waals surface area (Å²) < 4.78 is 25.9. The number of rotatable bonds is 11. The Morgan fingerprint density at radius 1 is 1.22 bits per heavy atom. The minimum Gasteiger partial charge on any atom is -0.493 e. The van der Waals surface area contributed by atoms with E-state index in [9.17, 15) is 9.18 Å². The minimum absolute atomic E-state index is 0.146. The van der Waals surface area contributed by atoms with E-state index in [4.69, 9.17) is 9.47 Å². The van der Waals surface area contributed by atoms with E-state index in [2.05, 4.69) is 37.7 Å². The fourth-order valence-electron chi connectivity index (χ4n) is 4.00. The molecular weight excluding hydrogens is 475 g/mol. The molecule has 1 amide bonds. The molecule has 0 saturated carbocycles. The fourth-order valence-corrected chi connectivity index (χ4v) is 4.00. The highest BCUT2D eigenvalue weighted by Gasteiger charge is 2.28. The van der Waals surface area contributed by atoms with E-state index in [1.54, 1.807) is 31.2 Å². The van der Waals surface area contributed by atoms with Gasteiger partial charge >= 0.3 is 0 Å². The number of benzene rings is 2. The van der Waals surface area contributed by atoms with Crippen molar-refractivity contribution >= 4 is 29.2 Å². The van der Waals surface area contributed by atoms with Gasteiger partial charge in [-0.25, -0.2) is 9.38 Å². The van der Waals surface area contributed by atoms with E-state index in [1.807, 2.05) is 24.3 Å². The summed E-state index contributed by atoms with van der Waals surface area (Å²) in [6.07, 6.45) is 3.28. The molecule has 1 atom stereocenters. The van der Waals surface area contributed by atoms with Crippen molar-refractivity contribution in [1.82, 2.24) is 10.2 Å². The first kappa shape index (κ1) is 26.2. The largest absolute Gasteiger partial charge is 0.493 e. The normalized spacial score (nSPS) is 19.6. The Morgan fingerprint density at radius 3 is 2.78 bits per heavy atom. The van der Waals surface area contributed by atoms with E-state index in [0.717, 1.165) is 50.7 Å². The van der Waals surface area contributed by atoms with Crippen molar-refractivity contribution in [2.75, 3.05) is 55.4 Å². The van der Waals surface area contributed by atoms with E-state index in [1.165, 1.54) is 12.3 Å². The number of morpholine rings is 1. The summed E-state index contributed by atoms with van der Waals surface area (Å²) in [4.78, 5) is 18.3. The van der Waals surface area contributed by atoms with Gasteiger partial charge in [-0.1, -0.05) is 18.7 Å². The molecule has 10 heteroatoms. The molecule has 0 radical (unpaired) electrons. The van der Waals surface area contributed by atoms with Crippen LogP contribution in [0.5, 0.6) is 5.75 Å². The fraction of sp³-hybridized carbons (Fsp3) is 0.333. The van der Waals surface area contributed by atoms with Crippen molar-refractivity contribution < 1.29 is 18.7 Å². The summed E-state index contributed by atoms with van der Waals surface area (Å²) >= 11 is 0. The molecule has 0 aliphatic carbocycles. The SMILES string of the molecule is C=CC(=O)Nc1cccc(NC2=C(F)C=NC(C)(Nc3cccc(OCCCN4CCOCC4)c3)N2)c1. The quantitative estimate of drug-likeness (QED) is 0.270. The molecule has 2 aromatic rings. The number of carbonyl (C=O) groups excluding carboxylic acids is 1. The molecule has 1 saturated heterocycles. The monoisotopic (exact) mass is 508 g/mol. The molecule has 2 aromatic carbocycles. The molecule has 1 unspecified atom stereocenters. The Labute approximate surface area is 216 Å². The number of halogens is 1. The highest BCUT2D eigenvalue weighted by molar-refractivity contribution is 5.99. The molecule has 2 aliphatic heterocycles. The lowest BCUT2D eigenvalue weighted by molar-refractivity contribution is -0.111. The highest BCUT2D eigenvalue weighted by Crippen LogP contribution is 2.25.